The Balaban J connectivity index is 0.00000245. The Hall–Kier alpha value is -2.08. The number of aromatic nitrogens is 1. The topological polar surface area (TPSA) is 28.6 Å². The molecule has 2 aliphatic rings. The summed E-state index contributed by atoms with van der Waals surface area (Å²) in [6, 6.07) is 17.2. The van der Waals surface area contributed by atoms with E-state index in [-0.39, 0.29) is 12.4 Å². The van der Waals surface area contributed by atoms with Crippen LogP contribution in [0.3, 0.4) is 0 Å². The van der Waals surface area contributed by atoms with Gasteiger partial charge in [0.25, 0.3) is 0 Å². The lowest BCUT2D eigenvalue weighted by molar-refractivity contribution is 0.253. The molecule has 1 aromatic heterocycles. The summed E-state index contributed by atoms with van der Waals surface area (Å²) in [7, 11) is 1.76. The van der Waals surface area contributed by atoms with Gasteiger partial charge in [0, 0.05) is 47.9 Å². The van der Waals surface area contributed by atoms with Gasteiger partial charge in [0.05, 0.1) is 17.8 Å². The van der Waals surface area contributed by atoms with Gasteiger partial charge in [-0.05, 0) is 56.8 Å². The van der Waals surface area contributed by atoms with Gasteiger partial charge >= 0.3 is 0 Å². The average molecular weight is 470 g/mol. The number of halogens is 1. The highest BCUT2D eigenvalue weighted by Gasteiger charge is 2.23. The number of aryl methyl sites for hydroxylation is 2. The second-order valence-corrected chi connectivity index (χ2v) is 9.66. The van der Waals surface area contributed by atoms with Crippen LogP contribution in [0.15, 0.2) is 48.5 Å². The van der Waals surface area contributed by atoms with Crippen molar-refractivity contribution < 1.29 is 4.74 Å². The number of piperazine rings is 1. The Morgan fingerprint density at radius 1 is 0.938 bits per heavy atom. The standard InChI is InChI=1S/C26H31N3OS.ClH/c1-30-23-11-7-10-22-21(23)13-14-24-26(22)27-25(31-24)12-5-6-15-28-16-18-29(19-17-28)20-8-3-2-4-9-20;/h2-4,7-11H,5-6,12-19H2,1H3;1H. The van der Waals surface area contributed by atoms with Crippen molar-refractivity contribution in [3.63, 3.8) is 0 Å². The van der Waals surface area contributed by atoms with Gasteiger partial charge in [-0.1, -0.05) is 30.3 Å². The number of nitrogens with zero attached hydrogens (tertiary/aromatic N) is 3. The smallest absolute Gasteiger partial charge is 0.122 e. The average Bonchev–Trinajstić information content (AvgIpc) is 3.26. The number of hydrogen-bond donors (Lipinski definition) is 0. The zero-order chi connectivity index (χ0) is 21.0. The third-order valence-corrected chi connectivity index (χ3v) is 7.74. The van der Waals surface area contributed by atoms with Gasteiger partial charge in [-0.3, -0.25) is 4.90 Å². The molecular weight excluding hydrogens is 438 g/mol. The van der Waals surface area contributed by atoms with E-state index in [9.17, 15) is 0 Å². The first kappa shape index (κ1) is 23.1. The molecule has 6 heteroatoms. The number of fused-ring (bicyclic) bond motifs is 3. The van der Waals surface area contributed by atoms with E-state index in [1.54, 1.807) is 7.11 Å². The van der Waals surface area contributed by atoms with Gasteiger partial charge in [0.2, 0.25) is 0 Å². The summed E-state index contributed by atoms with van der Waals surface area (Å²) in [5.74, 6) is 1.00. The maximum atomic E-state index is 5.57. The molecular formula is C26H32ClN3OS. The number of ether oxygens (including phenoxy) is 1. The van der Waals surface area contributed by atoms with Gasteiger partial charge < -0.3 is 9.64 Å². The molecule has 1 aliphatic heterocycles. The van der Waals surface area contributed by atoms with Gasteiger partial charge in [-0.15, -0.1) is 23.7 Å². The van der Waals surface area contributed by atoms with Crippen molar-refractivity contribution in [3.8, 4) is 17.0 Å². The van der Waals surface area contributed by atoms with Crippen molar-refractivity contribution in [2.75, 3.05) is 44.7 Å². The number of thiazole rings is 1. The fourth-order valence-electron chi connectivity index (χ4n) is 4.84. The van der Waals surface area contributed by atoms with Crippen molar-refractivity contribution in [1.29, 1.82) is 0 Å². The van der Waals surface area contributed by atoms with Crippen molar-refractivity contribution in [2.45, 2.75) is 32.1 Å². The molecule has 0 bridgehead atoms. The maximum Gasteiger partial charge on any atom is 0.122 e. The monoisotopic (exact) mass is 469 g/mol. The van der Waals surface area contributed by atoms with Crippen LogP contribution < -0.4 is 9.64 Å². The van der Waals surface area contributed by atoms with Crippen molar-refractivity contribution in [3.05, 3.63) is 64.0 Å². The largest absolute Gasteiger partial charge is 0.496 e. The van der Waals surface area contributed by atoms with E-state index < -0.39 is 0 Å². The SMILES string of the molecule is COc1cccc2c1CCc1sc(CCCCN3CCN(c4ccccc4)CC3)nc1-2.Cl. The number of methoxy groups -OCH3 is 1. The lowest BCUT2D eigenvalue weighted by atomic mass is 9.93. The molecule has 1 fully saturated rings. The highest BCUT2D eigenvalue weighted by atomic mass is 35.5. The molecule has 0 N–H and O–H groups in total. The number of hydrogen-bond acceptors (Lipinski definition) is 5. The number of para-hydroxylation sites is 1. The van der Waals surface area contributed by atoms with Gasteiger partial charge in [0.15, 0.2) is 0 Å². The van der Waals surface area contributed by atoms with Crippen molar-refractivity contribution in [1.82, 2.24) is 9.88 Å². The third kappa shape index (κ3) is 4.95. The molecule has 0 spiro atoms. The highest BCUT2D eigenvalue weighted by molar-refractivity contribution is 7.12. The molecule has 0 saturated carbocycles. The number of unbranched alkanes of at least 4 members (excludes halogenated alkanes) is 1. The van der Waals surface area contributed by atoms with Gasteiger partial charge in [-0.25, -0.2) is 4.98 Å². The van der Waals surface area contributed by atoms with Gasteiger partial charge in [0.1, 0.15) is 5.75 Å². The van der Waals surface area contributed by atoms with Crippen molar-refractivity contribution >= 4 is 29.4 Å². The van der Waals surface area contributed by atoms with E-state index in [1.165, 1.54) is 64.9 Å². The Bertz CT molecular complexity index is 1020. The minimum Gasteiger partial charge on any atom is -0.496 e. The Kier molecular flexibility index (Phi) is 7.71. The fraction of sp³-hybridized carbons (Fsp3) is 0.423. The van der Waals surface area contributed by atoms with Crippen LogP contribution in [-0.4, -0.2) is 49.7 Å². The van der Waals surface area contributed by atoms with Crippen LogP contribution in [0.2, 0.25) is 0 Å². The summed E-state index contributed by atoms with van der Waals surface area (Å²) < 4.78 is 5.57. The molecule has 2 heterocycles. The van der Waals surface area contributed by atoms with E-state index in [0.29, 0.717) is 0 Å². The molecule has 3 aromatic rings. The molecule has 2 aromatic carbocycles. The molecule has 5 rings (SSSR count). The predicted octanol–water partition coefficient (Wildman–Crippen LogP) is 5.48. The maximum absolute atomic E-state index is 5.57. The lowest BCUT2D eigenvalue weighted by Gasteiger charge is -2.36. The van der Waals surface area contributed by atoms with Crippen LogP contribution in [-0.2, 0) is 19.3 Å². The molecule has 170 valence electrons. The highest BCUT2D eigenvalue weighted by Crippen LogP contribution is 2.40. The van der Waals surface area contributed by atoms with Crippen LogP contribution >= 0.6 is 23.7 Å². The second kappa shape index (κ2) is 10.7. The first-order valence-corrected chi connectivity index (χ1v) is 12.3. The summed E-state index contributed by atoms with van der Waals surface area (Å²) in [6.07, 6.45) is 5.71. The van der Waals surface area contributed by atoms with Crippen LogP contribution in [0.4, 0.5) is 5.69 Å². The molecule has 0 amide bonds. The molecule has 1 saturated heterocycles. The minimum atomic E-state index is 0. The summed E-state index contributed by atoms with van der Waals surface area (Å²) in [5.41, 5.74) is 5.16. The van der Waals surface area contributed by atoms with Crippen LogP contribution in [0.5, 0.6) is 5.75 Å². The summed E-state index contributed by atoms with van der Waals surface area (Å²) in [4.78, 5) is 11.6. The molecule has 32 heavy (non-hydrogen) atoms. The molecule has 0 unspecified atom stereocenters. The lowest BCUT2D eigenvalue weighted by Crippen LogP contribution is -2.46. The summed E-state index contributed by atoms with van der Waals surface area (Å²) in [6.45, 7) is 5.80. The van der Waals surface area contributed by atoms with Crippen LogP contribution in [0.1, 0.15) is 28.3 Å². The first-order valence-electron chi connectivity index (χ1n) is 11.5. The third-order valence-electron chi connectivity index (χ3n) is 6.56. The van der Waals surface area contributed by atoms with Crippen LogP contribution in [0, 0.1) is 0 Å². The molecule has 1 aliphatic carbocycles. The minimum absolute atomic E-state index is 0. The normalized spacial score (nSPS) is 15.6. The number of benzene rings is 2. The Morgan fingerprint density at radius 3 is 2.53 bits per heavy atom. The first-order chi connectivity index (χ1) is 15.3. The molecule has 0 atom stereocenters. The zero-order valence-corrected chi connectivity index (χ0v) is 20.4. The van der Waals surface area contributed by atoms with E-state index in [2.05, 4.69) is 58.3 Å². The summed E-state index contributed by atoms with van der Waals surface area (Å²) >= 11 is 1.92. The zero-order valence-electron chi connectivity index (χ0n) is 18.8. The van der Waals surface area contributed by atoms with E-state index in [1.807, 2.05) is 11.3 Å². The predicted molar refractivity (Wildman–Crippen MR) is 137 cm³/mol. The van der Waals surface area contributed by atoms with E-state index in [4.69, 9.17) is 9.72 Å². The van der Waals surface area contributed by atoms with Crippen LogP contribution in [0.25, 0.3) is 11.3 Å². The number of rotatable bonds is 7. The second-order valence-electron chi connectivity index (χ2n) is 8.49. The number of anilines is 1. The molecule has 4 nitrogen and oxygen atoms in total. The fourth-order valence-corrected chi connectivity index (χ4v) is 5.97. The Morgan fingerprint density at radius 2 is 1.75 bits per heavy atom. The quantitative estimate of drug-likeness (QED) is 0.428. The van der Waals surface area contributed by atoms with Crippen molar-refractivity contribution in [2.24, 2.45) is 0 Å². The van der Waals surface area contributed by atoms with E-state index >= 15 is 0 Å². The molecule has 0 radical (unpaired) electrons. The summed E-state index contributed by atoms with van der Waals surface area (Å²) in [5, 5.41) is 1.30. The van der Waals surface area contributed by atoms with Gasteiger partial charge in [-0.2, -0.15) is 0 Å². The van der Waals surface area contributed by atoms with E-state index in [0.717, 1.165) is 38.1 Å². The Labute approximate surface area is 201 Å².